The van der Waals surface area contributed by atoms with Crippen LogP contribution in [0.25, 0.3) is 11.4 Å². The Balaban J connectivity index is 1.50. The summed E-state index contributed by atoms with van der Waals surface area (Å²) in [5, 5.41) is 14.1. The summed E-state index contributed by atoms with van der Waals surface area (Å²) in [5.74, 6) is 0.568. The summed E-state index contributed by atoms with van der Waals surface area (Å²) in [7, 11) is 0. The van der Waals surface area contributed by atoms with Crippen LogP contribution in [0.3, 0.4) is 0 Å². The monoisotopic (exact) mass is 347 g/mol. The molecule has 3 atom stereocenters. The maximum absolute atomic E-state index is 13.9. The van der Waals surface area contributed by atoms with Gasteiger partial charge in [0.15, 0.2) is 0 Å². The predicted octanol–water partition coefficient (Wildman–Crippen LogP) is 2.24. The molecule has 3 unspecified atom stereocenters. The number of hydrogen-bond donors (Lipinski definition) is 1. The molecule has 2 aromatic rings. The zero-order valence-electron chi connectivity index (χ0n) is 14.0. The smallest absolute Gasteiger partial charge is 0.241 e. The lowest BCUT2D eigenvalue weighted by Crippen LogP contribution is -2.50. The number of hydrogen-bond acceptors (Lipinski definition) is 6. The van der Waals surface area contributed by atoms with Gasteiger partial charge in [-0.15, -0.1) is 0 Å². The fourth-order valence-corrected chi connectivity index (χ4v) is 3.91. The van der Waals surface area contributed by atoms with Gasteiger partial charge in [-0.1, -0.05) is 23.7 Å². The van der Waals surface area contributed by atoms with E-state index >= 15 is 0 Å². The van der Waals surface area contributed by atoms with Gasteiger partial charge in [-0.25, -0.2) is 4.39 Å². The molecule has 1 aromatic heterocycles. The molecular weight excluding hydrogens is 325 g/mol. The highest BCUT2D eigenvalue weighted by Gasteiger charge is 2.38. The van der Waals surface area contributed by atoms with Crippen LogP contribution >= 0.6 is 0 Å². The van der Waals surface area contributed by atoms with Crippen molar-refractivity contribution in [2.45, 2.75) is 38.0 Å². The van der Waals surface area contributed by atoms with Gasteiger partial charge in [-0.2, -0.15) is 4.98 Å². The second-order valence-corrected chi connectivity index (χ2v) is 6.77. The summed E-state index contributed by atoms with van der Waals surface area (Å²) >= 11 is 0. The summed E-state index contributed by atoms with van der Waals surface area (Å²) in [4.78, 5) is 6.59. The van der Waals surface area contributed by atoms with Crippen molar-refractivity contribution in [3.63, 3.8) is 0 Å². The molecule has 6 nitrogen and oxygen atoms in total. The molecule has 1 N–H and O–H groups in total. The van der Waals surface area contributed by atoms with Crippen LogP contribution in [0.5, 0.6) is 0 Å². The summed E-state index contributed by atoms with van der Waals surface area (Å²) < 4.78 is 24.9. The van der Waals surface area contributed by atoms with E-state index in [0.29, 0.717) is 31.2 Å². The molecule has 0 spiro atoms. The number of morpholine rings is 1. The Morgan fingerprint density at radius 1 is 1.28 bits per heavy atom. The molecule has 2 fully saturated rings. The van der Waals surface area contributed by atoms with Crippen molar-refractivity contribution in [2.75, 3.05) is 19.8 Å². The molecule has 0 radical (unpaired) electrons. The van der Waals surface area contributed by atoms with Gasteiger partial charge in [0.1, 0.15) is 5.82 Å². The van der Waals surface area contributed by atoms with Crippen molar-refractivity contribution in [2.24, 2.45) is 5.92 Å². The first-order valence-electron chi connectivity index (χ1n) is 8.80. The number of nitrogens with zero attached hydrogens (tertiary/aromatic N) is 3. The molecule has 1 aliphatic carbocycles. The minimum absolute atomic E-state index is 0.148. The van der Waals surface area contributed by atoms with Crippen LogP contribution in [0.2, 0.25) is 0 Å². The van der Waals surface area contributed by atoms with Crippen LogP contribution in [0.4, 0.5) is 4.39 Å². The van der Waals surface area contributed by atoms with Crippen molar-refractivity contribution < 1.29 is 18.8 Å². The summed E-state index contributed by atoms with van der Waals surface area (Å²) in [6, 6.07) is 6.54. The van der Waals surface area contributed by atoms with Crippen molar-refractivity contribution in [3.05, 3.63) is 36.0 Å². The molecule has 1 saturated carbocycles. The minimum atomic E-state index is -0.367. The SMILES string of the molecule is OC1CCCC1C1COCCN1Cc1nc(-c2ccccc2F)no1. The van der Waals surface area contributed by atoms with Crippen molar-refractivity contribution >= 4 is 0 Å². The third kappa shape index (κ3) is 3.44. The van der Waals surface area contributed by atoms with Gasteiger partial charge in [-0.3, -0.25) is 4.90 Å². The maximum atomic E-state index is 13.9. The van der Waals surface area contributed by atoms with E-state index in [0.717, 1.165) is 25.8 Å². The summed E-state index contributed by atoms with van der Waals surface area (Å²) in [5.41, 5.74) is 0.335. The molecule has 1 saturated heterocycles. The highest BCUT2D eigenvalue weighted by atomic mass is 19.1. The van der Waals surface area contributed by atoms with Gasteiger partial charge >= 0.3 is 0 Å². The third-order valence-electron chi connectivity index (χ3n) is 5.23. The summed E-state index contributed by atoms with van der Waals surface area (Å²) in [6.45, 7) is 2.49. The minimum Gasteiger partial charge on any atom is -0.393 e. The number of halogens is 1. The van der Waals surface area contributed by atoms with E-state index in [2.05, 4.69) is 15.0 Å². The normalized spacial score (nSPS) is 27.7. The third-order valence-corrected chi connectivity index (χ3v) is 5.23. The molecule has 7 heteroatoms. The standard InChI is InChI=1S/C18H22FN3O3/c19-14-6-2-1-4-12(14)18-20-17(25-21-18)10-22-8-9-24-11-15(22)13-5-3-7-16(13)23/h1-2,4,6,13,15-16,23H,3,5,7-11H2. The average Bonchev–Trinajstić information content (AvgIpc) is 3.25. The molecule has 134 valence electrons. The molecule has 0 bridgehead atoms. The number of aliphatic hydroxyl groups excluding tert-OH is 1. The number of ether oxygens (including phenoxy) is 1. The lowest BCUT2D eigenvalue weighted by molar-refractivity contribution is -0.0567. The first-order chi connectivity index (χ1) is 12.2. The van der Waals surface area contributed by atoms with Gasteiger partial charge in [0.2, 0.25) is 11.7 Å². The fourth-order valence-electron chi connectivity index (χ4n) is 3.91. The highest BCUT2D eigenvalue weighted by molar-refractivity contribution is 5.54. The van der Waals surface area contributed by atoms with E-state index in [4.69, 9.17) is 9.26 Å². The Kier molecular flexibility index (Phi) is 4.78. The van der Waals surface area contributed by atoms with Crippen LogP contribution in [-0.4, -0.2) is 52.1 Å². The van der Waals surface area contributed by atoms with Crippen molar-refractivity contribution in [1.29, 1.82) is 0 Å². The van der Waals surface area contributed by atoms with Crippen molar-refractivity contribution in [3.8, 4) is 11.4 Å². The zero-order valence-corrected chi connectivity index (χ0v) is 14.0. The lowest BCUT2D eigenvalue weighted by Gasteiger charge is -2.39. The Bertz CT molecular complexity index is 723. The molecule has 1 aliphatic heterocycles. The van der Waals surface area contributed by atoms with Crippen LogP contribution in [0.1, 0.15) is 25.2 Å². The Morgan fingerprint density at radius 3 is 2.96 bits per heavy atom. The number of aliphatic hydroxyl groups is 1. The van der Waals surface area contributed by atoms with Gasteiger partial charge in [0.25, 0.3) is 0 Å². The van der Waals surface area contributed by atoms with E-state index in [1.54, 1.807) is 18.2 Å². The molecule has 1 aromatic carbocycles. The first kappa shape index (κ1) is 16.6. The van der Waals surface area contributed by atoms with Gasteiger partial charge in [0, 0.05) is 18.5 Å². The predicted molar refractivity (Wildman–Crippen MR) is 88.1 cm³/mol. The number of benzene rings is 1. The van der Waals surface area contributed by atoms with Crippen LogP contribution < -0.4 is 0 Å². The van der Waals surface area contributed by atoms with Gasteiger partial charge in [0.05, 0.1) is 31.4 Å². The second kappa shape index (κ2) is 7.19. The van der Waals surface area contributed by atoms with Gasteiger partial charge in [-0.05, 0) is 25.0 Å². The van der Waals surface area contributed by atoms with E-state index in [1.165, 1.54) is 6.07 Å². The quantitative estimate of drug-likeness (QED) is 0.915. The number of aromatic nitrogens is 2. The average molecular weight is 347 g/mol. The molecule has 25 heavy (non-hydrogen) atoms. The fraction of sp³-hybridized carbons (Fsp3) is 0.556. The second-order valence-electron chi connectivity index (χ2n) is 6.77. The largest absolute Gasteiger partial charge is 0.393 e. The van der Waals surface area contributed by atoms with E-state index in [1.807, 2.05) is 0 Å². The Labute approximate surface area is 145 Å². The number of rotatable bonds is 4. The molecule has 2 heterocycles. The van der Waals surface area contributed by atoms with Crippen LogP contribution in [0.15, 0.2) is 28.8 Å². The van der Waals surface area contributed by atoms with Gasteiger partial charge < -0.3 is 14.4 Å². The van der Waals surface area contributed by atoms with Crippen LogP contribution in [-0.2, 0) is 11.3 Å². The van der Waals surface area contributed by atoms with E-state index < -0.39 is 0 Å². The summed E-state index contributed by atoms with van der Waals surface area (Å²) in [6.07, 6.45) is 2.64. The lowest BCUT2D eigenvalue weighted by atomic mass is 9.94. The highest BCUT2D eigenvalue weighted by Crippen LogP contribution is 2.33. The molecule has 0 amide bonds. The van der Waals surface area contributed by atoms with Crippen LogP contribution in [0, 0.1) is 11.7 Å². The Hall–Kier alpha value is -1.83. The maximum Gasteiger partial charge on any atom is 0.241 e. The topological polar surface area (TPSA) is 71.6 Å². The van der Waals surface area contributed by atoms with E-state index in [9.17, 15) is 9.50 Å². The first-order valence-corrected chi connectivity index (χ1v) is 8.80. The molecular formula is C18H22FN3O3. The van der Waals surface area contributed by atoms with E-state index in [-0.39, 0.29) is 29.7 Å². The molecule has 2 aliphatic rings. The van der Waals surface area contributed by atoms with Crippen molar-refractivity contribution in [1.82, 2.24) is 15.0 Å². The Morgan fingerprint density at radius 2 is 2.16 bits per heavy atom. The zero-order chi connectivity index (χ0) is 17.2. The molecule has 4 rings (SSSR count).